The van der Waals surface area contributed by atoms with Gasteiger partial charge in [-0.1, -0.05) is 23.7 Å². The third-order valence-electron chi connectivity index (χ3n) is 4.58. The number of anilines is 3. The molecule has 1 fully saturated rings. The van der Waals surface area contributed by atoms with Crippen molar-refractivity contribution in [3.05, 3.63) is 53.1 Å². The lowest BCUT2D eigenvalue weighted by atomic mass is 10.1. The van der Waals surface area contributed by atoms with Crippen molar-refractivity contribution in [2.45, 2.75) is 0 Å². The molecule has 0 atom stereocenters. The van der Waals surface area contributed by atoms with Crippen LogP contribution in [0.2, 0.25) is 5.02 Å². The minimum absolute atomic E-state index is 0.0395. The number of nitrogens with zero attached hydrogens (tertiary/aromatic N) is 2. The summed E-state index contributed by atoms with van der Waals surface area (Å²) in [5, 5.41) is 3.78. The van der Waals surface area contributed by atoms with Crippen molar-refractivity contribution < 1.29 is 14.3 Å². The summed E-state index contributed by atoms with van der Waals surface area (Å²) in [5.74, 6) is -0.331. The molecule has 6 nitrogen and oxygen atoms in total. The van der Waals surface area contributed by atoms with Gasteiger partial charge in [-0.3, -0.25) is 14.5 Å². The van der Waals surface area contributed by atoms with Crippen LogP contribution in [0.3, 0.4) is 0 Å². The molecule has 0 aromatic heterocycles. The number of fused-ring (bicyclic) bond motifs is 2. The number of amides is 2. The molecule has 4 rings (SSSR count). The fourth-order valence-electron chi connectivity index (χ4n) is 3.22. The standard InChI is InChI=1S/C19H18ClN3O3/c20-13-5-6-16-17(11-13)23(12-18(24)22-7-9-26-10-8-22)19(25)14-3-1-2-4-15(14)21-16/h1-6,11,21H,7-10,12H2. The molecule has 1 saturated heterocycles. The second-order valence-electron chi connectivity index (χ2n) is 6.22. The third kappa shape index (κ3) is 3.13. The molecule has 1 N–H and O–H groups in total. The van der Waals surface area contributed by atoms with E-state index in [1.807, 2.05) is 24.3 Å². The number of carbonyl (C=O) groups is 2. The molecule has 0 radical (unpaired) electrons. The Kier molecular flexibility index (Phi) is 4.53. The minimum Gasteiger partial charge on any atom is -0.378 e. The number of hydrogen-bond acceptors (Lipinski definition) is 4. The topological polar surface area (TPSA) is 61.9 Å². The lowest BCUT2D eigenvalue weighted by Crippen LogP contribution is -2.47. The van der Waals surface area contributed by atoms with E-state index in [9.17, 15) is 9.59 Å². The van der Waals surface area contributed by atoms with Crippen LogP contribution >= 0.6 is 11.6 Å². The van der Waals surface area contributed by atoms with Gasteiger partial charge in [0.25, 0.3) is 5.91 Å². The van der Waals surface area contributed by atoms with E-state index >= 15 is 0 Å². The molecule has 7 heteroatoms. The van der Waals surface area contributed by atoms with Crippen molar-refractivity contribution in [3.63, 3.8) is 0 Å². The Morgan fingerprint density at radius 3 is 2.69 bits per heavy atom. The van der Waals surface area contributed by atoms with Crippen molar-refractivity contribution in [2.75, 3.05) is 43.1 Å². The summed E-state index contributed by atoms with van der Waals surface area (Å²) in [6.07, 6.45) is 0. The van der Waals surface area contributed by atoms with E-state index in [0.717, 1.165) is 5.69 Å². The highest BCUT2D eigenvalue weighted by Crippen LogP contribution is 2.37. The van der Waals surface area contributed by atoms with Crippen molar-refractivity contribution in [2.24, 2.45) is 0 Å². The number of halogens is 1. The van der Waals surface area contributed by atoms with Crippen LogP contribution in [0.4, 0.5) is 17.1 Å². The summed E-state index contributed by atoms with van der Waals surface area (Å²) >= 11 is 6.16. The molecule has 2 aromatic rings. The van der Waals surface area contributed by atoms with Crippen LogP contribution in [-0.4, -0.2) is 49.6 Å². The van der Waals surface area contributed by atoms with Crippen LogP contribution in [0.1, 0.15) is 10.4 Å². The Morgan fingerprint density at radius 1 is 1.12 bits per heavy atom. The van der Waals surface area contributed by atoms with Gasteiger partial charge in [0.1, 0.15) is 6.54 Å². The average Bonchev–Trinajstić information content (AvgIpc) is 2.78. The van der Waals surface area contributed by atoms with Crippen molar-refractivity contribution in [3.8, 4) is 0 Å². The lowest BCUT2D eigenvalue weighted by molar-refractivity contribution is -0.133. The Labute approximate surface area is 156 Å². The molecule has 2 aliphatic rings. The second kappa shape index (κ2) is 6.97. The van der Waals surface area contributed by atoms with E-state index < -0.39 is 0 Å². The normalized spacial score (nSPS) is 16.4. The first-order valence-electron chi connectivity index (χ1n) is 8.46. The number of hydrogen-bond donors (Lipinski definition) is 1. The zero-order chi connectivity index (χ0) is 18.1. The van der Waals surface area contributed by atoms with Crippen LogP contribution < -0.4 is 10.2 Å². The Balaban J connectivity index is 1.72. The van der Waals surface area contributed by atoms with Gasteiger partial charge in [-0.2, -0.15) is 0 Å². The molecule has 0 spiro atoms. The van der Waals surface area contributed by atoms with Gasteiger partial charge in [0.2, 0.25) is 5.91 Å². The van der Waals surface area contributed by atoms with E-state index in [4.69, 9.17) is 16.3 Å². The number of carbonyl (C=O) groups excluding carboxylic acids is 2. The number of rotatable bonds is 2. The number of ether oxygens (including phenoxy) is 1. The maximum Gasteiger partial charge on any atom is 0.260 e. The fourth-order valence-corrected chi connectivity index (χ4v) is 3.38. The lowest BCUT2D eigenvalue weighted by Gasteiger charge is -2.30. The van der Waals surface area contributed by atoms with Gasteiger partial charge in [0.15, 0.2) is 0 Å². The zero-order valence-corrected chi connectivity index (χ0v) is 14.8. The maximum atomic E-state index is 13.2. The van der Waals surface area contributed by atoms with E-state index in [-0.39, 0.29) is 18.4 Å². The van der Waals surface area contributed by atoms with E-state index in [0.29, 0.717) is 48.3 Å². The highest BCUT2D eigenvalue weighted by atomic mass is 35.5. The van der Waals surface area contributed by atoms with Gasteiger partial charge in [-0.15, -0.1) is 0 Å². The average molecular weight is 372 g/mol. The first kappa shape index (κ1) is 16.9. The van der Waals surface area contributed by atoms with Crippen molar-refractivity contribution >= 4 is 40.5 Å². The van der Waals surface area contributed by atoms with Crippen molar-refractivity contribution in [1.82, 2.24) is 4.90 Å². The van der Waals surface area contributed by atoms with Crippen LogP contribution in [-0.2, 0) is 9.53 Å². The van der Waals surface area contributed by atoms with Gasteiger partial charge in [-0.05, 0) is 30.3 Å². The molecule has 0 unspecified atom stereocenters. The zero-order valence-electron chi connectivity index (χ0n) is 14.1. The molecule has 0 bridgehead atoms. The minimum atomic E-state index is -0.226. The van der Waals surface area contributed by atoms with Crippen LogP contribution in [0.15, 0.2) is 42.5 Å². The first-order valence-corrected chi connectivity index (χ1v) is 8.84. The summed E-state index contributed by atoms with van der Waals surface area (Å²) < 4.78 is 5.30. The van der Waals surface area contributed by atoms with Crippen molar-refractivity contribution in [1.29, 1.82) is 0 Å². The maximum absolute atomic E-state index is 13.2. The monoisotopic (exact) mass is 371 g/mol. The predicted octanol–water partition coefficient (Wildman–Crippen LogP) is 2.90. The van der Waals surface area contributed by atoms with Gasteiger partial charge in [0, 0.05) is 18.1 Å². The van der Waals surface area contributed by atoms with Crippen LogP contribution in [0.25, 0.3) is 0 Å². The Bertz CT molecular complexity index is 865. The van der Waals surface area contributed by atoms with Gasteiger partial charge < -0.3 is 15.0 Å². The SMILES string of the molecule is O=C(CN1C(=O)c2ccccc2Nc2ccc(Cl)cc21)N1CCOCC1. The number of morpholine rings is 1. The summed E-state index contributed by atoms with van der Waals surface area (Å²) in [4.78, 5) is 29.2. The molecular formula is C19H18ClN3O3. The number of benzene rings is 2. The fraction of sp³-hybridized carbons (Fsp3) is 0.263. The van der Waals surface area contributed by atoms with E-state index in [1.165, 1.54) is 4.90 Å². The smallest absolute Gasteiger partial charge is 0.260 e. The molecule has 26 heavy (non-hydrogen) atoms. The molecular weight excluding hydrogens is 354 g/mol. The summed E-state index contributed by atoms with van der Waals surface area (Å²) in [5.41, 5.74) is 2.57. The molecule has 0 saturated carbocycles. The number of nitrogens with one attached hydrogen (secondary N) is 1. The molecule has 0 aliphatic carbocycles. The summed E-state index contributed by atoms with van der Waals surface area (Å²) in [7, 11) is 0. The molecule has 2 aromatic carbocycles. The largest absolute Gasteiger partial charge is 0.378 e. The van der Waals surface area contributed by atoms with E-state index in [1.54, 1.807) is 23.1 Å². The van der Waals surface area contributed by atoms with Crippen LogP contribution in [0, 0.1) is 0 Å². The number of para-hydroxylation sites is 1. The highest BCUT2D eigenvalue weighted by molar-refractivity contribution is 6.31. The summed E-state index contributed by atoms with van der Waals surface area (Å²) in [6.45, 7) is 2.08. The highest BCUT2D eigenvalue weighted by Gasteiger charge is 2.30. The van der Waals surface area contributed by atoms with Crippen LogP contribution in [0.5, 0.6) is 0 Å². The quantitative estimate of drug-likeness (QED) is 0.881. The summed E-state index contributed by atoms with van der Waals surface area (Å²) in [6, 6.07) is 12.6. The molecule has 2 amide bonds. The van der Waals surface area contributed by atoms with Gasteiger partial charge in [-0.25, -0.2) is 0 Å². The van der Waals surface area contributed by atoms with Gasteiger partial charge >= 0.3 is 0 Å². The van der Waals surface area contributed by atoms with E-state index in [2.05, 4.69) is 5.32 Å². The Morgan fingerprint density at radius 2 is 1.88 bits per heavy atom. The molecule has 2 heterocycles. The third-order valence-corrected chi connectivity index (χ3v) is 4.81. The first-order chi connectivity index (χ1) is 12.6. The molecule has 134 valence electrons. The second-order valence-corrected chi connectivity index (χ2v) is 6.65. The molecule has 2 aliphatic heterocycles. The predicted molar refractivity (Wildman–Crippen MR) is 100 cm³/mol. The van der Waals surface area contributed by atoms with Gasteiger partial charge in [0.05, 0.1) is 35.8 Å². The Hall–Kier alpha value is -2.57.